The Morgan fingerprint density at radius 2 is 0.875 bits per heavy atom. The van der Waals surface area contributed by atoms with Gasteiger partial charge in [-0.3, -0.25) is 4.79 Å². The predicted molar refractivity (Wildman–Crippen MR) is 286 cm³/mol. The third kappa shape index (κ3) is 30.3. The highest BCUT2D eigenvalue weighted by Gasteiger charge is 2.51. The molecule has 14 heteroatoms. The average molecular weight is 1030 g/mol. The van der Waals surface area contributed by atoms with Crippen LogP contribution in [0.25, 0.3) is 0 Å². The molecule has 0 bridgehead atoms. The number of aliphatic hydroxyl groups is 8. The van der Waals surface area contributed by atoms with Crippen LogP contribution in [0, 0.1) is 0 Å². The van der Waals surface area contributed by atoms with Gasteiger partial charge < -0.3 is 65.1 Å². The summed E-state index contributed by atoms with van der Waals surface area (Å²) in [6.45, 7) is 2.81. The van der Waals surface area contributed by atoms with Gasteiger partial charge in [-0.25, -0.2) is 0 Å². The molecule has 14 nitrogen and oxygen atoms in total. The summed E-state index contributed by atoms with van der Waals surface area (Å²) in [5, 5.41) is 87.1. The molecule has 0 saturated carbocycles. The molecule has 2 aliphatic heterocycles. The first kappa shape index (κ1) is 66.6. The Morgan fingerprint density at radius 1 is 0.486 bits per heavy atom. The second kappa shape index (κ2) is 44.6. The van der Waals surface area contributed by atoms with Gasteiger partial charge in [0.15, 0.2) is 12.6 Å². The van der Waals surface area contributed by atoms with Crippen LogP contribution in [0.4, 0.5) is 0 Å². The van der Waals surface area contributed by atoms with Gasteiger partial charge in [-0.1, -0.05) is 218 Å². The van der Waals surface area contributed by atoms with Gasteiger partial charge in [-0.05, 0) is 44.9 Å². The molecule has 424 valence electrons. The van der Waals surface area contributed by atoms with Crippen molar-refractivity contribution in [2.75, 3.05) is 19.8 Å². The average Bonchev–Trinajstić information content (AvgIpc) is 3.38. The molecule has 2 rings (SSSR count). The smallest absolute Gasteiger partial charge is 0.220 e. The largest absolute Gasteiger partial charge is 0.394 e. The summed E-state index contributed by atoms with van der Waals surface area (Å²) in [7, 11) is 0. The zero-order valence-corrected chi connectivity index (χ0v) is 45.4. The molecule has 0 spiro atoms. The normalized spacial score (nSPS) is 25.7. The van der Waals surface area contributed by atoms with E-state index in [9.17, 15) is 45.6 Å². The van der Waals surface area contributed by atoms with Crippen LogP contribution in [0.15, 0.2) is 24.3 Å². The highest BCUT2D eigenvalue weighted by molar-refractivity contribution is 5.76. The van der Waals surface area contributed by atoms with E-state index in [1.807, 2.05) is 6.08 Å². The number of ether oxygens (including phenoxy) is 4. The summed E-state index contributed by atoms with van der Waals surface area (Å²) in [6, 6.07) is -0.913. The summed E-state index contributed by atoms with van der Waals surface area (Å²) < 4.78 is 22.8. The van der Waals surface area contributed by atoms with E-state index in [0.717, 1.165) is 38.5 Å². The Kier molecular flexibility index (Phi) is 41.2. The maximum absolute atomic E-state index is 13.2. The molecular formula is C58H109NO13. The van der Waals surface area contributed by atoms with Gasteiger partial charge in [0, 0.05) is 6.42 Å². The van der Waals surface area contributed by atoms with Crippen molar-refractivity contribution in [3.63, 3.8) is 0 Å². The van der Waals surface area contributed by atoms with Crippen molar-refractivity contribution in [2.45, 2.75) is 319 Å². The van der Waals surface area contributed by atoms with Crippen molar-refractivity contribution in [1.82, 2.24) is 5.32 Å². The lowest BCUT2D eigenvalue weighted by Gasteiger charge is -2.46. The number of carbonyl (C=O) groups is 1. The van der Waals surface area contributed by atoms with E-state index < -0.39 is 86.8 Å². The minimum atomic E-state index is -1.79. The Bertz CT molecular complexity index is 1300. The van der Waals surface area contributed by atoms with E-state index in [1.54, 1.807) is 6.08 Å². The van der Waals surface area contributed by atoms with Crippen LogP contribution in [-0.4, -0.2) is 140 Å². The van der Waals surface area contributed by atoms with Gasteiger partial charge in [0.05, 0.1) is 32.0 Å². The van der Waals surface area contributed by atoms with E-state index in [0.29, 0.717) is 6.42 Å². The molecular weight excluding hydrogens is 919 g/mol. The molecule has 1 amide bonds. The van der Waals surface area contributed by atoms with E-state index in [4.69, 9.17) is 18.9 Å². The summed E-state index contributed by atoms with van der Waals surface area (Å²) in [6.07, 6.45) is 34.9. The Balaban J connectivity index is 1.77. The fourth-order valence-corrected chi connectivity index (χ4v) is 9.82. The maximum atomic E-state index is 13.2. The molecule has 9 N–H and O–H groups in total. The molecule has 2 fully saturated rings. The molecule has 2 aliphatic rings. The van der Waals surface area contributed by atoms with Crippen LogP contribution < -0.4 is 5.32 Å². The molecule has 0 aromatic carbocycles. The molecule has 2 heterocycles. The second-order valence-electron chi connectivity index (χ2n) is 21.1. The van der Waals surface area contributed by atoms with Crippen molar-refractivity contribution >= 4 is 5.91 Å². The molecule has 2 saturated heterocycles. The number of allylic oxidation sites excluding steroid dienone is 3. The number of hydrogen-bond donors (Lipinski definition) is 9. The first-order valence-corrected chi connectivity index (χ1v) is 29.6. The third-order valence-corrected chi connectivity index (χ3v) is 14.6. The van der Waals surface area contributed by atoms with Gasteiger partial charge in [0.25, 0.3) is 0 Å². The zero-order valence-electron chi connectivity index (χ0n) is 45.4. The highest BCUT2D eigenvalue weighted by atomic mass is 16.7. The summed E-state index contributed by atoms with van der Waals surface area (Å²) >= 11 is 0. The van der Waals surface area contributed by atoms with E-state index in [2.05, 4.69) is 31.3 Å². The van der Waals surface area contributed by atoms with Gasteiger partial charge in [-0.15, -0.1) is 0 Å². The number of unbranched alkanes of at least 4 members (excludes halogenated alkanes) is 32. The lowest BCUT2D eigenvalue weighted by molar-refractivity contribution is -0.359. The van der Waals surface area contributed by atoms with Crippen molar-refractivity contribution in [2.24, 2.45) is 0 Å². The number of amides is 1. The molecule has 0 aromatic rings. The zero-order chi connectivity index (χ0) is 52.4. The van der Waals surface area contributed by atoms with Crippen molar-refractivity contribution in [3.05, 3.63) is 24.3 Å². The molecule has 0 aliphatic carbocycles. The van der Waals surface area contributed by atoms with Crippen LogP contribution >= 0.6 is 0 Å². The first-order valence-electron chi connectivity index (χ1n) is 29.6. The highest BCUT2D eigenvalue weighted by Crippen LogP contribution is 2.30. The summed E-state index contributed by atoms with van der Waals surface area (Å²) in [5.74, 6) is -0.239. The Hall–Kier alpha value is -1.53. The van der Waals surface area contributed by atoms with Crippen LogP contribution in [0.1, 0.15) is 245 Å². The van der Waals surface area contributed by atoms with Gasteiger partial charge in [0.1, 0.15) is 48.8 Å². The monoisotopic (exact) mass is 1030 g/mol. The number of hydrogen-bond acceptors (Lipinski definition) is 13. The predicted octanol–water partition coefficient (Wildman–Crippen LogP) is 9.67. The van der Waals surface area contributed by atoms with Crippen LogP contribution in [0.3, 0.4) is 0 Å². The van der Waals surface area contributed by atoms with Gasteiger partial charge in [-0.2, -0.15) is 0 Å². The topological polar surface area (TPSA) is 228 Å². The minimum absolute atomic E-state index is 0.239. The fourth-order valence-electron chi connectivity index (χ4n) is 9.82. The molecule has 0 aromatic heterocycles. The molecule has 72 heavy (non-hydrogen) atoms. The third-order valence-electron chi connectivity index (χ3n) is 14.6. The van der Waals surface area contributed by atoms with Crippen molar-refractivity contribution in [1.29, 1.82) is 0 Å². The van der Waals surface area contributed by atoms with E-state index >= 15 is 0 Å². The Labute approximate surface area is 437 Å². The number of rotatable bonds is 47. The Morgan fingerprint density at radius 3 is 1.32 bits per heavy atom. The maximum Gasteiger partial charge on any atom is 0.220 e. The first-order chi connectivity index (χ1) is 35.1. The lowest BCUT2D eigenvalue weighted by Crippen LogP contribution is -2.65. The minimum Gasteiger partial charge on any atom is -0.394 e. The lowest BCUT2D eigenvalue weighted by atomic mass is 9.97. The summed E-state index contributed by atoms with van der Waals surface area (Å²) in [4.78, 5) is 13.2. The van der Waals surface area contributed by atoms with Crippen molar-refractivity contribution in [3.8, 4) is 0 Å². The second-order valence-corrected chi connectivity index (χ2v) is 21.1. The molecule has 12 unspecified atom stereocenters. The standard InChI is InChI=1S/C58H109NO13/c1-3-5-7-9-11-13-15-17-19-21-22-23-24-26-28-30-32-34-36-38-40-42-50(63)59-46(47(62)41-39-37-35-33-31-29-27-25-20-18-16-14-12-10-8-6-4-2)45-69-57-55(68)53(66)56(49(44-61)71-57)72-58-54(67)52(65)51(64)48(43-60)70-58/h21-22,39,41,46-49,51-58,60-62,64-68H,3-20,23-38,40,42-45H2,1-2H3,(H,59,63)/b22-21-,41-39+. The van der Waals surface area contributed by atoms with Crippen LogP contribution in [0.5, 0.6) is 0 Å². The van der Waals surface area contributed by atoms with Crippen LogP contribution in [0.2, 0.25) is 0 Å². The SMILES string of the molecule is CCCCCCCCCC/C=C\CCCCCCCCCCCC(=O)NC(COC1OC(CO)C(OC2OC(CO)C(O)C(O)C2O)C(O)C1O)C(O)/C=C/CCCCCCCCCCCCCCCCC. The molecule has 12 atom stereocenters. The quantitative estimate of drug-likeness (QED) is 0.0205. The number of aliphatic hydroxyl groups excluding tert-OH is 8. The van der Waals surface area contributed by atoms with Gasteiger partial charge >= 0.3 is 0 Å². The molecule has 0 radical (unpaired) electrons. The van der Waals surface area contributed by atoms with Crippen LogP contribution in [-0.2, 0) is 23.7 Å². The van der Waals surface area contributed by atoms with Gasteiger partial charge in [0.2, 0.25) is 5.91 Å². The number of carbonyl (C=O) groups excluding carboxylic acids is 1. The van der Waals surface area contributed by atoms with Crippen molar-refractivity contribution < 1.29 is 64.6 Å². The van der Waals surface area contributed by atoms with E-state index in [-0.39, 0.29) is 18.9 Å². The summed E-state index contributed by atoms with van der Waals surface area (Å²) in [5.41, 5.74) is 0. The number of nitrogens with one attached hydrogen (secondary N) is 1. The van der Waals surface area contributed by atoms with E-state index in [1.165, 1.54) is 180 Å². The fraction of sp³-hybridized carbons (Fsp3) is 0.914.